The molecule has 2 aromatic rings. The van der Waals surface area contributed by atoms with Crippen molar-refractivity contribution < 1.29 is 22.1 Å². The lowest BCUT2D eigenvalue weighted by Crippen LogP contribution is -2.07. The monoisotopic (exact) mass is 362 g/mol. The molecule has 0 atom stereocenters. The predicted molar refractivity (Wildman–Crippen MR) is 95.0 cm³/mol. The number of carbonyl (C=O) groups excluding carboxylic acids is 1. The number of rotatable bonds is 8. The molecule has 0 aliphatic rings. The second kappa shape index (κ2) is 8.78. The molecule has 0 heterocycles. The van der Waals surface area contributed by atoms with Crippen molar-refractivity contribution in [2.45, 2.75) is 38.0 Å². The summed E-state index contributed by atoms with van der Waals surface area (Å²) in [7, 11) is -3.69. The maximum absolute atomic E-state index is 12.0. The Morgan fingerprint density at radius 2 is 1.60 bits per heavy atom. The van der Waals surface area contributed by atoms with Crippen molar-refractivity contribution in [1.82, 2.24) is 0 Å². The molecule has 0 fully saturated rings. The van der Waals surface area contributed by atoms with E-state index >= 15 is 0 Å². The summed E-state index contributed by atoms with van der Waals surface area (Å²) in [5.41, 5.74) is 2.09. The van der Waals surface area contributed by atoms with Crippen molar-refractivity contribution in [3.63, 3.8) is 0 Å². The second-order valence-electron chi connectivity index (χ2n) is 5.78. The quantitative estimate of drug-likeness (QED) is 0.310. The van der Waals surface area contributed by atoms with Gasteiger partial charge in [0.25, 0.3) is 10.1 Å². The van der Waals surface area contributed by atoms with Crippen LogP contribution in [0.15, 0.2) is 53.4 Å². The molecule has 0 bridgehead atoms. The molecule has 0 aromatic heterocycles. The van der Waals surface area contributed by atoms with Crippen molar-refractivity contribution in [1.29, 1.82) is 0 Å². The molecule has 25 heavy (non-hydrogen) atoms. The van der Waals surface area contributed by atoms with Crippen LogP contribution in [-0.4, -0.2) is 21.0 Å². The van der Waals surface area contributed by atoms with Crippen LogP contribution in [0.25, 0.3) is 0 Å². The summed E-state index contributed by atoms with van der Waals surface area (Å²) < 4.78 is 34.1. The molecule has 0 N–H and O–H groups in total. The highest BCUT2D eigenvalue weighted by Gasteiger charge is 2.14. The topological polar surface area (TPSA) is 69.7 Å². The number of hydrogen-bond donors (Lipinski definition) is 0. The molecule has 0 amide bonds. The zero-order chi connectivity index (χ0) is 18.3. The number of carbonyl (C=O) groups is 1. The van der Waals surface area contributed by atoms with E-state index in [1.165, 1.54) is 6.92 Å². The molecule has 0 saturated carbocycles. The normalized spacial score (nSPS) is 11.3. The lowest BCUT2D eigenvalue weighted by atomic mass is 10.1. The zero-order valence-electron chi connectivity index (χ0n) is 14.4. The van der Waals surface area contributed by atoms with Gasteiger partial charge in [0.1, 0.15) is 5.75 Å². The molecule has 6 heteroatoms. The average Bonchev–Trinajstić information content (AvgIpc) is 2.56. The third-order valence-electron chi connectivity index (χ3n) is 3.59. The fourth-order valence-corrected chi connectivity index (χ4v) is 3.21. The lowest BCUT2D eigenvalue weighted by molar-refractivity contribution is -0.131. The minimum Gasteiger partial charge on any atom is -0.427 e. The Labute approximate surface area is 148 Å². The maximum Gasteiger partial charge on any atom is 0.308 e. The summed E-state index contributed by atoms with van der Waals surface area (Å²) in [6.07, 6.45) is 2.24. The van der Waals surface area contributed by atoms with Crippen LogP contribution < -0.4 is 4.74 Å². The van der Waals surface area contributed by atoms with E-state index in [4.69, 9.17) is 8.92 Å². The Bertz CT molecular complexity index is 793. The van der Waals surface area contributed by atoms with Gasteiger partial charge in [-0.1, -0.05) is 29.8 Å². The molecule has 2 rings (SSSR count). The molecule has 0 saturated heterocycles. The highest BCUT2D eigenvalue weighted by Crippen LogP contribution is 2.16. The standard InChI is InChI=1S/C19H22O5S/c1-15-6-12-19(13-7-15)25(21,22)23-14-4-3-5-17-8-10-18(11-9-17)24-16(2)20/h6-13H,3-5,14H2,1-2H3. The van der Waals surface area contributed by atoms with Crippen molar-refractivity contribution in [3.8, 4) is 5.75 Å². The van der Waals surface area contributed by atoms with Crippen molar-refractivity contribution in [2.24, 2.45) is 0 Å². The fourth-order valence-electron chi connectivity index (χ4n) is 2.26. The van der Waals surface area contributed by atoms with E-state index in [0.717, 1.165) is 24.0 Å². The first-order valence-electron chi connectivity index (χ1n) is 8.10. The van der Waals surface area contributed by atoms with Gasteiger partial charge >= 0.3 is 5.97 Å². The SMILES string of the molecule is CC(=O)Oc1ccc(CCCCOS(=O)(=O)c2ccc(C)cc2)cc1. The van der Waals surface area contributed by atoms with E-state index in [0.29, 0.717) is 12.2 Å². The van der Waals surface area contributed by atoms with Crippen LogP contribution in [0.3, 0.4) is 0 Å². The van der Waals surface area contributed by atoms with Crippen molar-refractivity contribution in [3.05, 3.63) is 59.7 Å². The highest BCUT2D eigenvalue weighted by atomic mass is 32.2. The molecular formula is C19H22O5S. The number of esters is 1. The minimum atomic E-state index is -3.69. The molecule has 2 aromatic carbocycles. The number of aryl methyl sites for hydroxylation is 2. The minimum absolute atomic E-state index is 0.155. The lowest BCUT2D eigenvalue weighted by Gasteiger charge is -2.07. The first-order chi connectivity index (χ1) is 11.9. The van der Waals surface area contributed by atoms with Gasteiger partial charge in [-0.3, -0.25) is 8.98 Å². The van der Waals surface area contributed by atoms with Gasteiger partial charge in [0.05, 0.1) is 11.5 Å². The number of hydrogen-bond acceptors (Lipinski definition) is 5. The first-order valence-corrected chi connectivity index (χ1v) is 9.51. The predicted octanol–water partition coefficient (Wildman–Crippen LogP) is 3.65. The van der Waals surface area contributed by atoms with E-state index < -0.39 is 10.1 Å². The number of ether oxygens (including phenoxy) is 1. The molecule has 0 aliphatic carbocycles. The summed E-state index contributed by atoms with van der Waals surface area (Å²) in [4.78, 5) is 11.0. The second-order valence-corrected chi connectivity index (χ2v) is 7.40. The van der Waals surface area contributed by atoms with Crippen LogP contribution in [0.5, 0.6) is 5.75 Å². The van der Waals surface area contributed by atoms with Crippen molar-refractivity contribution >= 4 is 16.1 Å². The summed E-state index contributed by atoms with van der Waals surface area (Å²) >= 11 is 0. The van der Waals surface area contributed by atoms with E-state index in [1.54, 1.807) is 36.4 Å². The van der Waals surface area contributed by atoms with E-state index in [9.17, 15) is 13.2 Å². The van der Waals surface area contributed by atoms with Gasteiger partial charge in [-0.15, -0.1) is 0 Å². The van der Waals surface area contributed by atoms with Crippen LogP contribution in [0.2, 0.25) is 0 Å². The molecule has 5 nitrogen and oxygen atoms in total. The van der Waals surface area contributed by atoms with Gasteiger partial charge in [-0.05, 0) is 56.0 Å². The molecule has 0 spiro atoms. The smallest absolute Gasteiger partial charge is 0.308 e. The Balaban J connectivity index is 1.74. The van der Waals surface area contributed by atoms with Crippen LogP contribution in [-0.2, 0) is 25.5 Å². The van der Waals surface area contributed by atoms with E-state index in [-0.39, 0.29) is 17.5 Å². The van der Waals surface area contributed by atoms with E-state index in [2.05, 4.69) is 0 Å². The summed E-state index contributed by atoms with van der Waals surface area (Å²) in [6.45, 7) is 3.41. The Morgan fingerprint density at radius 1 is 0.960 bits per heavy atom. The maximum atomic E-state index is 12.0. The van der Waals surface area contributed by atoms with Gasteiger partial charge in [-0.25, -0.2) is 0 Å². The van der Waals surface area contributed by atoms with Crippen LogP contribution in [0, 0.1) is 6.92 Å². The summed E-state index contributed by atoms with van der Waals surface area (Å²) in [6, 6.07) is 13.9. The van der Waals surface area contributed by atoms with Crippen molar-refractivity contribution in [2.75, 3.05) is 6.61 Å². The van der Waals surface area contributed by atoms with Crippen LogP contribution in [0.1, 0.15) is 30.9 Å². The Kier molecular flexibility index (Phi) is 6.73. The molecule has 0 unspecified atom stereocenters. The largest absolute Gasteiger partial charge is 0.427 e. The highest BCUT2D eigenvalue weighted by molar-refractivity contribution is 7.86. The Hall–Kier alpha value is -2.18. The van der Waals surface area contributed by atoms with Crippen LogP contribution in [0.4, 0.5) is 0 Å². The number of unbranched alkanes of at least 4 members (excludes halogenated alkanes) is 1. The average molecular weight is 362 g/mol. The van der Waals surface area contributed by atoms with Gasteiger partial charge in [-0.2, -0.15) is 8.42 Å². The fraction of sp³-hybridized carbons (Fsp3) is 0.316. The first kappa shape index (κ1) is 19.1. The van der Waals surface area contributed by atoms with Crippen LogP contribution >= 0.6 is 0 Å². The van der Waals surface area contributed by atoms with E-state index in [1.807, 2.05) is 19.1 Å². The van der Waals surface area contributed by atoms with Gasteiger partial charge in [0, 0.05) is 6.92 Å². The molecule has 134 valence electrons. The summed E-state index contributed by atoms with van der Waals surface area (Å²) in [5.74, 6) is 0.170. The summed E-state index contributed by atoms with van der Waals surface area (Å²) in [5, 5.41) is 0. The van der Waals surface area contributed by atoms with Gasteiger partial charge in [0.15, 0.2) is 0 Å². The third-order valence-corrected chi connectivity index (χ3v) is 4.92. The molecule has 0 radical (unpaired) electrons. The van der Waals surface area contributed by atoms with Gasteiger partial charge in [0.2, 0.25) is 0 Å². The zero-order valence-corrected chi connectivity index (χ0v) is 15.2. The van der Waals surface area contributed by atoms with Gasteiger partial charge < -0.3 is 4.74 Å². The third kappa shape index (κ3) is 6.32. The number of benzene rings is 2. The molecular weight excluding hydrogens is 340 g/mol. The Morgan fingerprint density at radius 3 is 2.20 bits per heavy atom. The molecule has 0 aliphatic heterocycles.